The average Bonchev–Trinajstić information content (AvgIpc) is 2.25. The van der Waals surface area contributed by atoms with Crippen LogP contribution in [0.5, 0.6) is 0 Å². The van der Waals surface area contributed by atoms with Crippen LogP contribution in [0.2, 0.25) is 0 Å². The minimum atomic E-state index is -4.75. The Bertz CT molecular complexity index is 494. The minimum Gasteiger partial charge on any atom is -0.479 e. The molecule has 0 aliphatic heterocycles. The summed E-state index contributed by atoms with van der Waals surface area (Å²) in [5.41, 5.74) is -3.03. The van der Waals surface area contributed by atoms with E-state index in [2.05, 4.69) is 0 Å². The highest BCUT2D eigenvalue weighted by Crippen LogP contribution is 2.35. The number of hydrogen-bond acceptors (Lipinski definition) is 2. The van der Waals surface area contributed by atoms with Crippen LogP contribution in [-0.2, 0) is 16.4 Å². The van der Waals surface area contributed by atoms with Gasteiger partial charge in [0.1, 0.15) is 5.82 Å². The van der Waals surface area contributed by atoms with Crippen molar-refractivity contribution in [2.45, 2.75) is 31.5 Å². The summed E-state index contributed by atoms with van der Waals surface area (Å²) in [6.45, 7) is 2.45. The number of carbonyl (C=O) groups is 1. The fraction of sp³-hybridized carbons (Fsp3) is 0.417. The van der Waals surface area contributed by atoms with Crippen LogP contribution in [0.15, 0.2) is 18.2 Å². The molecule has 0 bridgehead atoms. The van der Waals surface area contributed by atoms with Crippen molar-refractivity contribution >= 4 is 5.97 Å². The standard InChI is InChI=1S/C12H12F4O3/c1-11(2,9(17)10(18)19)6-3-7(12(14,15)16)5-8(13)4-6/h3-5,9,17H,1-2H3,(H,18,19). The zero-order valence-electron chi connectivity index (χ0n) is 10.1. The molecule has 7 heteroatoms. The van der Waals surface area contributed by atoms with E-state index in [1.807, 2.05) is 0 Å². The molecule has 1 aromatic carbocycles. The fourth-order valence-electron chi connectivity index (χ4n) is 1.59. The lowest BCUT2D eigenvalue weighted by Gasteiger charge is -2.29. The molecule has 0 saturated carbocycles. The number of benzene rings is 1. The monoisotopic (exact) mass is 280 g/mol. The molecule has 19 heavy (non-hydrogen) atoms. The molecule has 0 radical (unpaired) electrons. The number of aliphatic hydroxyl groups excluding tert-OH is 1. The molecule has 0 fully saturated rings. The van der Waals surface area contributed by atoms with E-state index in [-0.39, 0.29) is 5.56 Å². The first kappa shape index (κ1) is 15.4. The summed E-state index contributed by atoms with van der Waals surface area (Å²) in [6.07, 6.45) is -6.70. The number of hydrogen-bond donors (Lipinski definition) is 2. The molecule has 106 valence electrons. The first-order valence-corrected chi connectivity index (χ1v) is 5.25. The van der Waals surface area contributed by atoms with Crippen molar-refractivity contribution in [3.05, 3.63) is 35.1 Å². The summed E-state index contributed by atoms with van der Waals surface area (Å²) < 4.78 is 50.9. The second kappa shape index (κ2) is 4.80. The van der Waals surface area contributed by atoms with Crippen molar-refractivity contribution in [2.75, 3.05) is 0 Å². The van der Waals surface area contributed by atoms with Gasteiger partial charge in [0.15, 0.2) is 6.10 Å². The van der Waals surface area contributed by atoms with E-state index in [1.54, 1.807) is 0 Å². The maximum atomic E-state index is 13.2. The SMILES string of the molecule is CC(C)(c1cc(F)cc(C(F)(F)F)c1)C(O)C(=O)O. The molecule has 1 rings (SSSR count). The van der Waals surface area contributed by atoms with Crippen molar-refractivity contribution < 1.29 is 32.6 Å². The number of halogens is 4. The van der Waals surface area contributed by atoms with Crippen molar-refractivity contribution in [2.24, 2.45) is 0 Å². The summed E-state index contributed by atoms with van der Waals surface area (Å²) in [5.74, 6) is -2.74. The van der Waals surface area contributed by atoms with Crippen LogP contribution in [0.25, 0.3) is 0 Å². The Balaban J connectivity index is 3.35. The molecule has 0 heterocycles. The highest BCUT2D eigenvalue weighted by Gasteiger charge is 2.38. The highest BCUT2D eigenvalue weighted by molar-refractivity contribution is 5.74. The van der Waals surface area contributed by atoms with Gasteiger partial charge >= 0.3 is 12.1 Å². The van der Waals surface area contributed by atoms with Crippen molar-refractivity contribution in [3.63, 3.8) is 0 Å². The number of carboxylic acid groups (broad SMARTS) is 1. The van der Waals surface area contributed by atoms with Gasteiger partial charge in [-0.2, -0.15) is 13.2 Å². The largest absolute Gasteiger partial charge is 0.479 e. The highest BCUT2D eigenvalue weighted by atomic mass is 19.4. The van der Waals surface area contributed by atoms with Crippen LogP contribution in [0.1, 0.15) is 25.0 Å². The Labute approximate surface area is 106 Å². The summed E-state index contributed by atoms with van der Waals surface area (Å²) in [6, 6.07) is 1.73. The zero-order valence-corrected chi connectivity index (χ0v) is 10.1. The normalized spacial score (nSPS) is 14.3. The molecule has 0 aromatic heterocycles. The van der Waals surface area contributed by atoms with E-state index >= 15 is 0 Å². The Morgan fingerprint density at radius 1 is 1.16 bits per heavy atom. The number of aliphatic hydroxyl groups is 1. The predicted molar refractivity (Wildman–Crippen MR) is 58.1 cm³/mol. The van der Waals surface area contributed by atoms with Gasteiger partial charge in [-0.1, -0.05) is 13.8 Å². The minimum absolute atomic E-state index is 0.241. The quantitative estimate of drug-likeness (QED) is 0.837. The lowest BCUT2D eigenvalue weighted by molar-refractivity contribution is -0.150. The van der Waals surface area contributed by atoms with Crippen LogP contribution in [0.3, 0.4) is 0 Å². The molecule has 1 atom stereocenters. The van der Waals surface area contributed by atoms with E-state index < -0.39 is 35.0 Å². The lowest BCUT2D eigenvalue weighted by atomic mass is 9.78. The molecule has 0 spiro atoms. The molecule has 1 unspecified atom stereocenters. The molecule has 0 aliphatic carbocycles. The second-order valence-electron chi connectivity index (χ2n) is 4.69. The van der Waals surface area contributed by atoms with Crippen molar-refractivity contribution in [1.82, 2.24) is 0 Å². The Hall–Kier alpha value is -1.63. The maximum Gasteiger partial charge on any atom is 0.416 e. The van der Waals surface area contributed by atoms with Gasteiger partial charge < -0.3 is 10.2 Å². The smallest absolute Gasteiger partial charge is 0.416 e. The molecule has 2 N–H and O–H groups in total. The van der Waals surface area contributed by atoms with Crippen LogP contribution in [-0.4, -0.2) is 22.3 Å². The molecule has 3 nitrogen and oxygen atoms in total. The van der Waals surface area contributed by atoms with E-state index in [0.29, 0.717) is 12.1 Å². The van der Waals surface area contributed by atoms with Gasteiger partial charge in [-0.25, -0.2) is 9.18 Å². The van der Waals surface area contributed by atoms with Crippen LogP contribution >= 0.6 is 0 Å². The molecule has 0 aliphatic rings. The van der Waals surface area contributed by atoms with Gasteiger partial charge in [0.2, 0.25) is 0 Å². The van der Waals surface area contributed by atoms with E-state index in [4.69, 9.17) is 5.11 Å². The third-order valence-electron chi connectivity index (χ3n) is 2.89. The van der Waals surface area contributed by atoms with E-state index in [9.17, 15) is 27.5 Å². The summed E-state index contributed by atoms with van der Waals surface area (Å²) in [4.78, 5) is 10.7. The third kappa shape index (κ3) is 3.23. The first-order valence-electron chi connectivity index (χ1n) is 5.25. The van der Waals surface area contributed by atoms with Crippen LogP contribution in [0.4, 0.5) is 17.6 Å². The third-order valence-corrected chi connectivity index (χ3v) is 2.89. The van der Waals surface area contributed by atoms with Gasteiger partial charge in [0, 0.05) is 5.41 Å². The number of rotatable bonds is 3. The van der Waals surface area contributed by atoms with Gasteiger partial charge in [-0.3, -0.25) is 0 Å². The van der Waals surface area contributed by atoms with Crippen LogP contribution < -0.4 is 0 Å². The summed E-state index contributed by atoms with van der Waals surface area (Å²) in [7, 11) is 0. The molecule has 0 amide bonds. The zero-order chi connectivity index (χ0) is 15.0. The predicted octanol–water partition coefficient (Wildman–Crippen LogP) is 2.57. The fourth-order valence-corrected chi connectivity index (χ4v) is 1.59. The molecule has 1 aromatic rings. The average molecular weight is 280 g/mol. The topological polar surface area (TPSA) is 57.5 Å². The first-order chi connectivity index (χ1) is 8.46. The molecular formula is C12H12F4O3. The van der Waals surface area contributed by atoms with Crippen LogP contribution in [0, 0.1) is 5.82 Å². The van der Waals surface area contributed by atoms with Crippen molar-refractivity contribution in [1.29, 1.82) is 0 Å². The van der Waals surface area contributed by atoms with E-state index in [1.165, 1.54) is 13.8 Å². The summed E-state index contributed by atoms with van der Waals surface area (Å²) in [5, 5.41) is 18.2. The molecular weight excluding hydrogens is 268 g/mol. The van der Waals surface area contributed by atoms with Crippen molar-refractivity contribution in [3.8, 4) is 0 Å². The Morgan fingerprint density at radius 3 is 2.05 bits per heavy atom. The molecule has 0 saturated heterocycles. The second-order valence-corrected chi connectivity index (χ2v) is 4.69. The van der Waals surface area contributed by atoms with Gasteiger partial charge in [-0.15, -0.1) is 0 Å². The lowest BCUT2D eigenvalue weighted by Crippen LogP contribution is -2.40. The maximum absolute atomic E-state index is 13.2. The van der Waals surface area contributed by atoms with Gasteiger partial charge in [-0.05, 0) is 23.8 Å². The number of aliphatic carboxylic acids is 1. The number of carboxylic acids is 1. The summed E-state index contributed by atoms with van der Waals surface area (Å²) >= 11 is 0. The Kier molecular flexibility index (Phi) is 3.90. The Morgan fingerprint density at radius 2 is 1.63 bits per heavy atom. The van der Waals surface area contributed by atoms with Gasteiger partial charge in [0.25, 0.3) is 0 Å². The van der Waals surface area contributed by atoms with E-state index in [0.717, 1.165) is 6.07 Å². The van der Waals surface area contributed by atoms with Gasteiger partial charge in [0.05, 0.1) is 5.56 Å². The number of alkyl halides is 3.